The zero-order valence-corrected chi connectivity index (χ0v) is 13.4. The number of imidazole rings is 1. The van der Waals surface area contributed by atoms with Crippen LogP contribution in [0.2, 0.25) is 5.02 Å². The van der Waals surface area contributed by atoms with Crippen LogP contribution in [-0.4, -0.2) is 26.8 Å². The lowest BCUT2D eigenvalue weighted by Gasteiger charge is -1.98. The summed E-state index contributed by atoms with van der Waals surface area (Å²) in [6.45, 7) is 0. The summed E-state index contributed by atoms with van der Waals surface area (Å²) < 4.78 is 0. The van der Waals surface area contributed by atoms with Crippen LogP contribution in [0, 0.1) is 17.8 Å². The van der Waals surface area contributed by atoms with E-state index in [1.807, 2.05) is 6.07 Å². The number of halogens is 1. The van der Waals surface area contributed by atoms with Crippen LogP contribution in [0.4, 0.5) is 0 Å². The molecule has 114 valence electrons. The topological polar surface area (TPSA) is 66.0 Å². The van der Waals surface area contributed by atoms with Crippen molar-refractivity contribution in [3.05, 3.63) is 22.7 Å². The number of nitrogens with zero attached hydrogens (tertiary/aromatic N) is 1. The zero-order valence-electron chi connectivity index (χ0n) is 11.9. The van der Waals surface area contributed by atoms with Gasteiger partial charge in [-0.2, -0.15) is 0 Å². The van der Waals surface area contributed by atoms with Crippen molar-refractivity contribution in [2.75, 3.05) is 5.75 Å². The monoisotopic (exact) mass is 334 g/mol. The summed E-state index contributed by atoms with van der Waals surface area (Å²) in [4.78, 5) is 18.1. The quantitative estimate of drug-likeness (QED) is 0.659. The predicted octanol–water partition coefficient (Wildman–Crippen LogP) is 3.93. The first-order valence-electron chi connectivity index (χ1n) is 7.17. The summed E-state index contributed by atoms with van der Waals surface area (Å²) in [5.41, 5.74) is 2.33. The molecule has 0 unspecified atom stereocenters. The van der Waals surface area contributed by atoms with Crippen LogP contribution < -0.4 is 0 Å². The van der Waals surface area contributed by atoms with Crippen molar-refractivity contribution in [1.82, 2.24) is 9.97 Å². The van der Waals surface area contributed by atoms with Crippen LogP contribution >= 0.6 is 23.4 Å². The average molecular weight is 335 g/mol. The van der Waals surface area contributed by atoms with E-state index in [9.17, 15) is 4.79 Å². The second kappa shape index (κ2) is 6.64. The van der Waals surface area contributed by atoms with E-state index in [0.29, 0.717) is 16.1 Å². The Bertz CT molecular complexity index is 770. The molecule has 1 aromatic carbocycles. The number of aromatic amines is 1. The van der Waals surface area contributed by atoms with Crippen molar-refractivity contribution in [3.63, 3.8) is 0 Å². The molecule has 4 nitrogen and oxygen atoms in total. The fourth-order valence-electron chi connectivity index (χ4n) is 2.55. The molecule has 0 atom stereocenters. The van der Waals surface area contributed by atoms with E-state index in [4.69, 9.17) is 16.7 Å². The molecule has 2 N–H and O–H groups in total. The Morgan fingerprint density at radius 2 is 2.23 bits per heavy atom. The van der Waals surface area contributed by atoms with Crippen LogP contribution in [0.5, 0.6) is 0 Å². The number of fused-ring (bicyclic) bond motifs is 1. The number of rotatable bonds is 3. The predicted molar refractivity (Wildman–Crippen MR) is 88.3 cm³/mol. The molecular weight excluding hydrogens is 320 g/mol. The molecule has 3 rings (SSSR count). The maximum absolute atomic E-state index is 10.6. The Kier molecular flexibility index (Phi) is 4.60. The third kappa shape index (κ3) is 3.57. The Morgan fingerprint density at radius 1 is 1.45 bits per heavy atom. The summed E-state index contributed by atoms with van der Waals surface area (Å²) in [6, 6.07) is 3.66. The van der Waals surface area contributed by atoms with E-state index >= 15 is 0 Å². The summed E-state index contributed by atoms with van der Waals surface area (Å²) >= 11 is 7.43. The lowest BCUT2D eigenvalue weighted by molar-refractivity contribution is -0.133. The molecule has 0 amide bonds. The van der Waals surface area contributed by atoms with Gasteiger partial charge in [-0.3, -0.25) is 4.79 Å². The molecule has 0 bridgehead atoms. The summed E-state index contributed by atoms with van der Waals surface area (Å²) in [6.07, 6.45) is 4.86. The molecule has 1 aromatic heterocycles. The van der Waals surface area contributed by atoms with Gasteiger partial charge in [0.15, 0.2) is 5.16 Å². The lowest BCUT2D eigenvalue weighted by Crippen LogP contribution is -1.97. The number of H-pyrrole nitrogens is 1. The maximum Gasteiger partial charge on any atom is 0.313 e. The SMILES string of the molecule is O=C(O)CSc1nc2cc(C#CC3CCCC3)c(Cl)cc2[nH]1. The molecule has 1 saturated carbocycles. The number of benzene rings is 1. The van der Waals surface area contributed by atoms with Gasteiger partial charge in [0.25, 0.3) is 0 Å². The van der Waals surface area contributed by atoms with E-state index in [2.05, 4.69) is 21.8 Å². The lowest BCUT2D eigenvalue weighted by atomic mass is 10.1. The summed E-state index contributed by atoms with van der Waals surface area (Å²) in [7, 11) is 0. The Hall–Kier alpha value is -1.64. The average Bonchev–Trinajstić information content (AvgIpc) is 3.11. The molecule has 1 heterocycles. The van der Waals surface area contributed by atoms with Gasteiger partial charge in [-0.25, -0.2) is 4.98 Å². The minimum atomic E-state index is -0.869. The third-order valence-corrected chi connectivity index (χ3v) is 4.82. The van der Waals surface area contributed by atoms with E-state index in [1.54, 1.807) is 6.07 Å². The normalized spacial score (nSPS) is 15.0. The van der Waals surface area contributed by atoms with Gasteiger partial charge >= 0.3 is 5.97 Å². The minimum Gasteiger partial charge on any atom is -0.481 e. The van der Waals surface area contributed by atoms with Gasteiger partial charge in [0.1, 0.15) is 0 Å². The zero-order chi connectivity index (χ0) is 15.5. The minimum absolute atomic E-state index is 0.0259. The highest BCUT2D eigenvalue weighted by Gasteiger charge is 2.12. The van der Waals surface area contributed by atoms with Crippen molar-refractivity contribution in [2.24, 2.45) is 5.92 Å². The number of aromatic nitrogens is 2. The molecule has 0 saturated heterocycles. The number of carbonyl (C=O) groups is 1. The first-order chi connectivity index (χ1) is 10.6. The Morgan fingerprint density at radius 3 is 2.95 bits per heavy atom. The van der Waals surface area contributed by atoms with Crippen molar-refractivity contribution >= 4 is 40.4 Å². The van der Waals surface area contributed by atoms with Crippen molar-refractivity contribution < 1.29 is 9.90 Å². The van der Waals surface area contributed by atoms with E-state index in [0.717, 1.165) is 28.4 Å². The molecule has 1 aliphatic rings. The second-order valence-electron chi connectivity index (χ2n) is 5.32. The largest absolute Gasteiger partial charge is 0.481 e. The molecule has 6 heteroatoms. The molecule has 0 radical (unpaired) electrons. The maximum atomic E-state index is 10.6. The van der Waals surface area contributed by atoms with Crippen LogP contribution in [0.25, 0.3) is 11.0 Å². The van der Waals surface area contributed by atoms with Crippen LogP contribution in [0.1, 0.15) is 31.2 Å². The van der Waals surface area contributed by atoms with Crippen LogP contribution in [0.3, 0.4) is 0 Å². The van der Waals surface area contributed by atoms with Crippen LogP contribution in [-0.2, 0) is 4.79 Å². The number of thioether (sulfide) groups is 1. The smallest absolute Gasteiger partial charge is 0.313 e. The Balaban J connectivity index is 1.85. The van der Waals surface area contributed by atoms with Crippen molar-refractivity contribution in [1.29, 1.82) is 0 Å². The van der Waals surface area contributed by atoms with Gasteiger partial charge < -0.3 is 10.1 Å². The van der Waals surface area contributed by atoms with Gasteiger partial charge in [-0.15, -0.1) is 0 Å². The van der Waals surface area contributed by atoms with Crippen molar-refractivity contribution in [3.8, 4) is 11.8 Å². The summed E-state index contributed by atoms with van der Waals surface area (Å²) in [5, 5.41) is 9.88. The van der Waals surface area contributed by atoms with Gasteiger partial charge in [-0.1, -0.05) is 48.0 Å². The van der Waals surface area contributed by atoms with Gasteiger partial charge in [0, 0.05) is 11.5 Å². The first-order valence-corrected chi connectivity index (χ1v) is 8.53. The van der Waals surface area contributed by atoms with Crippen LogP contribution in [0.15, 0.2) is 17.3 Å². The highest BCUT2D eigenvalue weighted by Crippen LogP contribution is 2.27. The highest BCUT2D eigenvalue weighted by molar-refractivity contribution is 7.99. The van der Waals surface area contributed by atoms with E-state index in [1.165, 1.54) is 25.7 Å². The van der Waals surface area contributed by atoms with Gasteiger partial charge in [-0.05, 0) is 25.0 Å². The number of carboxylic acid groups (broad SMARTS) is 1. The molecule has 1 fully saturated rings. The molecule has 2 aromatic rings. The number of aliphatic carboxylic acids is 1. The van der Waals surface area contributed by atoms with Gasteiger partial charge in [0.05, 0.1) is 21.8 Å². The summed E-state index contributed by atoms with van der Waals surface area (Å²) in [5.74, 6) is 6.05. The molecule has 0 aliphatic heterocycles. The molecule has 0 spiro atoms. The number of hydrogen-bond donors (Lipinski definition) is 2. The molecule has 22 heavy (non-hydrogen) atoms. The first kappa shape index (κ1) is 15.3. The fraction of sp³-hybridized carbons (Fsp3) is 0.375. The third-order valence-electron chi connectivity index (χ3n) is 3.65. The molecular formula is C16H15ClN2O2S. The van der Waals surface area contributed by atoms with Crippen molar-refractivity contribution in [2.45, 2.75) is 30.8 Å². The highest BCUT2D eigenvalue weighted by atomic mass is 35.5. The fourth-order valence-corrected chi connectivity index (χ4v) is 3.37. The number of carboxylic acids is 1. The van der Waals surface area contributed by atoms with Gasteiger partial charge in [0.2, 0.25) is 0 Å². The molecule has 1 aliphatic carbocycles. The van der Waals surface area contributed by atoms with E-state index < -0.39 is 5.97 Å². The second-order valence-corrected chi connectivity index (χ2v) is 6.70. The Labute approximate surface area is 137 Å². The van der Waals surface area contributed by atoms with E-state index in [-0.39, 0.29) is 5.75 Å². The number of nitrogens with one attached hydrogen (secondary N) is 1. The number of hydrogen-bond acceptors (Lipinski definition) is 3. The standard InChI is InChI=1S/C16H15ClN2O2S/c17-12-8-14-13(18-16(19-14)22-9-15(20)21)7-11(12)6-5-10-3-1-2-4-10/h7-8,10H,1-4,9H2,(H,18,19)(H,20,21).